The number of hydrogen-bond donors (Lipinski definition) is 0. The number of rotatable bonds is 7. The molecule has 7 nitrogen and oxygen atoms in total. The zero-order chi connectivity index (χ0) is 21.5. The van der Waals surface area contributed by atoms with Gasteiger partial charge in [0.2, 0.25) is 5.95 Å². The summed E-state index contributed by atoms with van der Waals surface area (Å²) in [5.41, 5.74) is 2.07. The van der Waals surface area contributed by atoms with Gasteiger partial charge in [-0.3, -0.25) is 4.57 Å². The molecule has 0 unspecified atom stereocenters. The van der Waals surface area contributed by atoms with Crippen LogP contribution in [0, 0.1) is 11.3 Å². The van der Waals surface area contributed by atoms with Gasteiger partial charge in [0.1, 0.15) is 18.4 Å². The molecule has 0 amide bonds. The summed E-state index contributed by atoms with van der Waals surface area (Å²) in [4.78, 5) is 2.13. The highest BCUT2D eigenvalue weighted by atomic mass is 16.5. The number of para-hydroxylation sites is 2. The summed E-state index contributed by atoms with van der Waals surface area (Å²) >= 11 is 0. The first-order chi connectivity index (χ1) is 15.3. The molecule has 0 radical (unpaired) electrons. The molecule has 3 aromatic rings. The minimum Gasteiger partial charge on any atom is -0.489 e. The second-order valence-corrected chi connectivity index (χ2v) is 6.90. The van der Waals surface area contributed by atoms with Crippen LogP contribution >= 0.6 is 0 Å². The van der Waals surface area contributed by atoms with Crippen molar-refractivity contribution in [2.24, 2.45) is 0 Å². The number of ether oxygens (including phenoxy) is 2. The molecule has 0 atom stereocenters. The van der Waals surface area contributed by atoms with Crippen LogP contribution in [0.1, 0.15) is 11.4 Å². The van der Waals surface area contributed by atoms with Crippen molar-refractivity contribution in [3.8, 4) is 17.5 Å². The van der Waals surface area contributed by atoms with E-state index in [0.29, 0.717) is 42.9 Å². The van der Waals surface area contributed by atoms with E-state index in [9.17, 15) is 5.26 Å². The van der Waals surface area contributed by atoms with Crippen molar-refractivity contribution >= 4 is 17.6 Å². The Morgan fingerprint density at radius 2 is 1.84 bits per heavy atom. The van der Waals surface area contributed by atoms with E-state index in [4.69, 9.17) is 9.47 Å². The summed E-state index contributed by atoms with van der Waals surface area (Å²) in [7, 11) is 0. The summed E-state index contributed by atoms with van der Waals surface area (Å²) < 4.78 is 13.2. The van der Waals surface area contributed by atoms with Crippen molar-refractivity contribution in [2.75, 3.05) is 37.8 Å². The molecule has 1 aromatic heterocycles. The lowest BCUT2D eigenvalue weighted by molar-refractivity contribution is 0.122. The van der Waals surface area contributed by atoms with Crippen LogP contribution in [-0.4, -0.2) is 47.7 Å². The Balaban J connectivity index is 1.81. The molecule has 0 N–H and O–H groups in total. The number of nitrogens with zero attached hydrogens (tertiary/aromatic N) is 5. The molecule has 2 aromatic carbocycles. The van der Waals surface area contributed by atoms with Gasteiger partial charge in [0.25, 0.3) is 0 Å². The molecule has 1 fully saturated rings. The molecule has 2 heterocycles. The highest BCUT2D eigenvalue weighted by Crippen LogP contribution is 2.28. The van der Waals surface area contributed by atoms with Crippen molar-refractivity contribution in [3.63, 3.8) is 0 Å². The van der Waals surface area contributed by atoms with E-state index < -0.39 is 0 Å². The average molecular weight is 413 g/mol. The number of morpholine rings is 1. The third kappa shape index (κ3) is 4.49. The number of benzene rings is 2. The molecule has 0 aliphatic carbocycles. The van der Waals surface area contributed by atoms with E-state index in [1.54, 1.807) is 12.2 Å². The highest BCUT2D eigenvalue weighted by Gasteiger charge is 2.23. The molecular formula is C24H23N5O2. The summed E-state index contributed by atoms with van der Waals surface area (Å²) in [6, 6.07) is 19.7. The lowest BCUT2D eigenvalue weighted by atomic mass is 10.1. The van der Waals surface area contributed by atoms with Crippen molar-refractivity contribution < 1.29 is 9.47 Å². The smallest absolute Gasteiger partial charge is 0.232 e. The van der Waals surface area contributed by atoms with Crippen LogP contribution in [0.25, 0.3) is 17.3 Å². The first-order valence-corrected chi connectivity index (χ1v) is 10.1. The monoisotopic (exact) mass is 413 g/mol. The number of allylic oxidation sites excluding steroid dienone is 1. The Kier molecular flexibility index (Phi) is 6.41. The molecule has 1 aliphatic heterocycles. The lowest BCUT2D eigenvalue weighted by Crippen LogP contribution is -2.38. The molecule has 0 spiro atoms. The first-order valence-electron chi connectivity index (χ1n) is 10.1. The molecule has 1 aliphatic rings. The molecular weight excluding hydrogens is 390 g/mol. The molecule has 31 heavy (non-hydrogen) atoms. The topological polar surface area (TPSA) is 76.2 Å². The van der Waals surface area contributed by atoms with Gasteiger partial charge in [-0.1, -0.05) is 49.1 Å². The fraction of sp³-hybridized carbons (Fsp3) is 0.208. The van der Waals surface area contributed by atoms with Gasteiger partial charge in [0.15, 0.2) is 5.82 Å². The quantitative estimate of drug-likeness (QED) is 0.434. The van der Waals surface area contributed by atoms with Crippen molar-refractivity contribution in [1.82, 2.24) is 14.8 Å². The van der Waals surface area contributed by atoms with Crippen LogP contribution in [0.2, 0.25) is 0 Å². The molecule has 156 valence electrons. The second kappa shape index (κ2) is 9.74. The van der Waals surface area contributed by atoms with Gasteiger partial charge in [-0.2, -0.15) is 5.26 Å². The van der Waals surface area contributed by atoms with Crippen molar-refractivity contribution in [1.29, 1.82) is 5.26 Å². The molecule has 4 rings (SSSR count). The molecule has 0 saturated carbocycles. The summed E-state index contributed by atoms with van der Waals surface area (Å²) in [6.45, 7) is 6.77. The van der Waals surface area contributed by atoms with E-state index in [1.165, 1.54) is 0 Å². The van der Waals surface area contributed by atoms with Crippen molar-refractivity contribution in [2.45, 2.75) is 0 Å². The minimum absolute atomic E-state index is 0.383. The number of anilines is 1. The van der Waals surface area contributed by atoms with Gasteiger partial charge >= 0.3 is 0 Å². The Hall–Kier alpha value is -3.89. The van der Waals surface area contributed by atoms with Crippen LogP contribution in [-0.2, 0) is 4.74 Å². The maximum Gasteiger partial charge on any atom is 0.232 e. The van der Waals surface area contributed by atoms with Gasteiger partial charge in [-0.25, -0.2) is 0 Å². The van der Waals surface area contributed by atoms with Gasteiger partial charge in [0.05, 0.1) is 24.5 Å². The average Bonchev–Trinajstić information content (AvgIpc) is 3.28. The predicted molar refractivity (Wildman–Crippen MR) is 120 cm³/mol. The molecule has 1 saturated heterocycles. The van der Waals surface area contributed by atoms with Crippen LogP contribution in [0.5, 0.6) is 5.75 Å². The van der Waals surface area contributed by atoms with Crippen LogP contribution in [0.4, 0.5) is 5.95 Å². The van der Waals surface area contributed by atoms with Gasteiger partial charge in [-0.15, -0.1) is 10.2 Å². The fourth-order valence-corrected chi connectivity index (χ4v) is 3.42. The zero-order valence-corrected chi connectivity index (χ0v) is 17.1. The third-order valence-electron chi connectivity index (χ3n) is 4.89. The number of nitriles is 1. The lowest BCUT2D eigenvalue weighted by Gasteiger charge is -2.28. The first kappa shape index (κ1) is 20.4. The van der Waals surface area contributed by atoms with Crippen LogP contribution in [0.3, 0.4) is 0 Å². The molecule has 0 bridgehead atoms. The highest BCUT2D eigenvalue weighted by molar-refractivity contribution is 5.89. The SMILES string of the molecule is C=CCOc1ccccc1/C=C(\C#N)c1nnc(N2CCOCC2)n1-c1ccccc1. The normalized spacial score (nSPS) is 14.2. The van der Waals surface area contributed by atoms with Gasteiger partial charge < -0.3 is 14.4 Å². The number of aromatic nitrogens is 3. The largest absolute Gasteiger partial charge is 0.489 e. The summed E-state index contributed by atoms with van der Waals surface area (Å²) in [5.74, 6) is 1.85. The Morgan fingerprint density at radius 1 is 1.10 bits per heavy atom. The Morgan fingerprint density at radius 3 is 2.58 bits per heavy atom. The van der Waals surface area contributed by atoms with Crippen LogP contribution in [0.15, 0.2) is 67.3 Å². The zero-order valence-electron chi connectivity index (χ0n) is 17.1. The molecule has 7 heteroatoms. The third-order valence-corrected chi connectivity index (χ3v) is 4.89. The van der Waals surface area contributed by atoms with E-state index in [-0.39, 0.29) is 0 Å². The summed E-state index contributed by atoms with van der Waals surface area (Å²) in [6.07, 6.45) is 3.47. The van der Waals surface area contributed by atoms with E-state index in [2.05, 4.69) is 27.7 Å². The van der Waals surface area contributed by atoms with Crippen LogP contribution < -0.4 is 9.64 Å². The number of hydrogen-bond acceptors (Lipinski definition) is 6. The van der Waals surface area contributed by atoms with Gasteiger partial charge in [0, 0.05) is 18.7 Å². The second-order valence-electron chi connectivity index (χ2n) is 6.90. The standard InChI is InChI=1S/C24H23N5O2/c1-2-14-31-22-11-7-6-8-19(22)17-20(18-25)23-26-27-24(28-12-15-30-16-13-28)29(23)21-9-4-3-5-10-21/h2-11,17H,1,12-16H2/b20-17+. The van der Waals surface area contributed by atoms with E-state index in [1.807, 2.05) is 59.2 Å². The predicted octanol–water partition coefficient (Wildman–Crippen LogP) is 3.73. The van der Waals surface area contributed by atoms with Crippen molar-refractivity contribution in [3.05, 3.63) is 78.6 Å². The van der Waals surface area contributed by atoms with E-state index >= 15 is 0 Å². The maximum atomic E-state index is 10.0. The minimum atomic E-state index is 0.383. The van der Waals surface area contributed by atoms with E-state index in [0.717, 1.165) is 24.3 Å². The maximum absolute atomic E-state index is 10.0. The Bertz CT molecular complexity index is 1110. The fourth-order valence-electron chi connectivity index (χ4n) is 3.42. The summed E-state index contributed by atoms with van der Waals surface area (Å²) in [5, 5.41) is 18.9. The Labute approximate surface area is 181 Å². The van der Waals surface area contributed by atoms with Gasteiger partial charge in [-0.05, 0) is 24.3 Å².